The third-order valence-corrected chi connectivity index (χ3v) is 7.03. The largest absolute Gasteiger partial charge is 0.434 e. The van der Waals surface area contributed by atoms with Gasteiger partial charge in [0.25, 0.3) is 5.69 Å². The maximum atomic E-state index is 12.9. The van der Waals surface area contributed by atoms with Gasteiger partial charge in [0.1, 0.15) is 5.75 Å². The van der Waals surface area contributed by atoms with Crippen LogP contribution in [-0.2, 0) is 19.3 Å². The molecule has 3 aromatic rings. The molecule has 0 saturated heterocycles. The Bertz CT molecular complexity index is 1140. The zero-order valence-corrected chi connectivity index (χ0v) is 18.2. The van der Waals surface area contributed by atoms with Gasteiger partial charge in [-0.25, -0.2) is 0 Å². The number of nitro groups is 1. The van der Waals surface area contributed by atoms with Crippen molar-refractivity contribution in [3.8, 4) is 16.9 Å². The highest BCUT2D eigenvalue weighted by Gasteiger charge is 2.21. The van der Waals surface area contributed by atoms with Gasteiger partial charge in [-0.1, -0.05) is 18.2 Å². The van der Waals surface area contributed by atoms with Gasteiger partial charge in [-0.2, -0.15) is 8.78 Å². The van der Waals surface area contributed by atoms with E-state index in [0.29, 0.717) is 17.5 Å². The fourth-order valence-electron chi connectivity index (χ4n) is 4.27. The van der Waals surface area contributed by atoms with Gasteiger partial charge in [-0.3, -0.25) is 10.1 Å². The van der Waals surface area contributed by atoms with Gasteiger partial charge in [0.2, 0.25) is 0 Å². The molecule has 1 aliphatic carbocycles. The van der Waals surface area contributed by atoms with Crippen LogP contribution in [0.15, 0.2) is 35.7 Å². The Balaban J connectivity index is 1.67. The highest BCUT2D eigenvalue weighted by molar-refractivity contribution is 7.10. The molecule has 0 fully saturated rings. The van der Waals surface area contributed by atoms with Gasteiger partial charge >= 0.3 is 6.61 Å². The van der Waals surface area contributed by atoms with Crippen molar-refractivity contribution in [1.29, 1.82) is 0 Å². The standard InChI is InChI=1S/C24H23F2NO3S/c1-14-9-19(22(30-24(25)26)12-21(14)27(28)29)11-23-15(2)20(13-31-23)18-8-7-16-5-3-4-6-17(16)10-18/h7-10,12-13,24H,3-6,11H2,1-2H3. The van der Waals surface area contributed by atoms with Crippen LogP contribution in [0, 0.1) is 24.0 Å². The van der Waals surface area contributed by atoms with Crippen LogP contribution in [0.1, 0.15) is 45.5 Å². The number of nitro benzene ring substituents is 1. The summed E-state index contributed by atoms with van der Waals surface area (Å²) in [7, 11) is 0. The number of benzene rings is 2. The maximum absolute atomic E-state index is 12.9. The summed E-state index contributed by atoms with van der Waals surface area (Å²) in [6, 6.07) is 9.33. The SMILES string of the molecule is Cc1cc(Cc2scc(-c3ccc4c(c3)CCCC4)c2C)c(OC(F)F)cc1[N+](=O)[O-]. The summed E-state index contributed by atoms with van der Waals surface area (Å²) in [6.45, 7) is 0.594. The highest BCUT2D eigenvalue weighted by Crippen LogP contribution is 2.37. The summed E-state index contributed by atoms with van der Waals surface area (Å²) in [4.78, 5) is 11.7. The molecular weight excluding hydrogens is 420 g/mol. The molecule has 31 heavy (non-hydrogen) atoms. The second-order valence-electron chi connectivity index (χ2n) is 7.95. The number of alkyl halides is 2. The Morgan fingerprint density at radius 3 is 2.58 bits per heavy atom. The molecule has 162 valence electrons. The van der Waals surface area contributed by atoms with Crippen molar-refractivity contribution in [1.82, 2.24) is 0 Å². The first-order valence-electron chi connectivity index (χ1n) is 10.3. The number of nitrogens with zero attached hydrogens (tertiary/aromatic N) is 1. The molecule has 2 aromatic carbocycles. The Labute approximate surface area is 183 Å². The molecular formula is C24H23F2NO3S. The van der Waals surface area contributed by atoms with Crippen molar-refractivity contribution >= 4 is 17.0 Å². The molecule has 7 heteroatoms. The van der Waals surface area contributed by atoms with E-state index in [2.05, 4.69) is 28.3 Å². The van der Waals surface area contributed by atoms with E-state index in [0.717, 1.165) is 34.9 Å². The molecule has 1 heterocycles. The van der Waals surface area contributed by atoms with Gasteiger partial charge in [0.15, 0.2) is 0 Å². The lowest BCUT2D eigenvalue weighted by molar-refractivity contribution is -0.385. The summed E-state index contributed by atoms with van der Waals surface area (Å²) in [5, 5.41) is 13.3. The topological polar surface area (TPSA) is 52.4 Å². The number of halogens is 2. The summed E-state index contributed by atoms with van der Waals surface area (Å²) in [6.07, 6.45) is 5.08. The predicted octanol–water partition coefficient (Wildman–Crippen LogP) is 7.01. The van der Waals surface area contributed by atoms with Crippen LogP contribution in [0.4, 0.5) is 14.5 Å². The minimum Gasteiger partial charge on any atom is -0.434 e. The quantitative estimate of drug-likeness (QED) is 0.304. The first-order valence-corrected chi connectivity index (χ1v) is 11.1. The lowest BCUT2D eigenvalue weighted by atomic mass is 9.89. The van der Waals surface area contributed by atoms with E-state index in [-0.39, 0.29) is 11.4 Å². The normalized spacial score (nSPS) is 13.3. The van der Waals surface area contributed by atoms with Crippen LogP contribution in [0.3, 0.4) is 0 Å². The zero-order valence-electron chi connectivity index (χ0n) is 17.4. The van der Waals surface area contributed by atoms with E-state index >= 15 is 0 Å². The molecule has 0 N–H and O–H groups in total. The average molecular weight is 444 g/mol. The number of hydrogen-bond donors (Lipinski definition) is 0. The van der Waals surface area contributed by atoms with E-state index in [1.165, 1.54) is 29.5 Å². The van der Waals surface area contributed by atoms with Crippen molar-refractivity contribution in [2.45, 2.75) is 52.6 Å². The smallest absolute Gasteiger partial charge is 0.387 e. The molecule has 0 saturated carbocycles. The molecule has 4 nitrogen and oxygen atoms in total. The monoisotopic (exact) mass is 443 g/mol. The molecule has 0 spiro atoms. The lowest BCUT2D eigenvalue weighted by Crippen LogP contribution is -2.06. The van der Waals surface area contributed by atoms with Gasteiger partial charge in [-0.05, 0) is 78.8 Å². The van der Waals surface area contributed by atoms with Crippen LogP contribution in [0.2, 0.25) is 0 Å². The number of fused-ring (bicyclic) bond motifs is 1. The van der Waals surface area contributed by atoms with E-state index in [4.69, 9.17) is 0 Å². The van der Waals surface area contributed by atoms with E-state index in [9.17, 15) is 18.9 Å². The molecule has 0 radical (unpaired) electrons. The van der Waals surface area contributed by atoms with E-state index < -0.39 is 11.5 Å². The summed E-state index contributed by atoms with van der Waals surface area (Å²) in [5.74, 6) is -0.143. The molecule has 0 aliphatic heterocycles. The highest BCUT2D eigenvalue weighted by atomic mass is 32.1. The third kappa shape index (κ3) is 4.46. The van der Waals surface area contributed by atoms with E-state index in [1.54, 1.807) is 24.3 Å². The summed E-state index contributed by atoms with van der Waals surface area (Å²) in [5.41, 5.74) is 6.97. The van der Waals surface area contributed by atoms with Crippen molar-refractivity contribution < 1.29 is 18.4 Å². The van der Waals surface area contributed by atoms with Gasteiger partial charge < -0.3 is 4.74 Å². The van der Waals surface area contributed by atoms with Gasteiger partial charge in [0, 0.05) is 22.4 Å². The number of rotatable bonds is 6. The second kappa shape index (κ2) is 8.75. The van der Waals surface area contributed by atoms with Gasteiger partial charge in [-0.15, -0.1) is 11.3 Å². The Hall–Kier alpha value is -2.80. The van der Waals surface area contributed by atoms with Crippen LogP contribution in [-0.4, -0.2) is 11.5 Å². The third-order valence-electron chi connectivity index (χ3n) is 5.94. The van der Waals surface area contributed by atoms with Crippen LogP contribution >= 0.6 is 11.3 Å². The second-order valence-corrected chi connectivity index (χ2v) is 8.91. The van der Waals surface area contributed by atoms with E-state index in [1.807, 2.05) is 6.92 Å². The molecule has 0 bridgehead atoms. The number of thiophene rings is 1. The lowest BCUT2D eigenvalue weighted by Gasteiger charge is -2.16. The molecule has 1 aliphatic rings. The van der Waals surface area contributed by atoms with Gasteiger partial charge in [0.05, 0.1) is 11.0 Å². The van der Waals surface area contributed by atoms with Crippen LogP contribution in [0.25, 0.3) is 11.1 Å². The minimum absolute atomic E-state index is 0.143. The fraction of sp³-hybridized carbons (Fsp3) is 0.333. The maximum Gasteiger partial charge on any atom is 0.387 e. The Morgan fingerprint density at radius 2 is 1.87 bits per heavy atom. The molecule has 1 aromatic heterocycles. The molecule has 0 atom stereocenters. The first kappa shape index (κ1) is 21.4. The van der Waals surface area contributed by atoms with Crippen molar-refractivity contribution in [3.05, 3.63) is 78.5 Å². The van der Waals surface area contributed by atoms with Crippen LogP contribution < -0.4 is 4.74 Å². The number of hydrogen-bond acceptors (Lipinski definition) is 4. The van der Waals surface area contributed by atoms with Crippen molar-refractivity contribution in [3.63, 3.8) is 0 Å². The molecule has 0 amide bonds. The fourth-order valence-corrected chi connectivity index (χ4v) is 5.37. The van der Waals surface area contributed by atoms with Crippen molar-refractivity contribution in [2.24, 2.45) is 0 Å². The molecule has 4 rings (SSSR count). The number of ether oxygens (including phenoxy) is 1. The predicted molar refractivity (Wildman–Crippen MR) is 118 cm³/mol. The number of aryl methyl sites for hydroxylation is 3. The van der Waals surface area contributed by atoms with Crippen molar-refractivity contribution in [2.75, 3.05) is 0 Å². The zero-order chi connectivity index (χ0) is 22.1. The first-order chi connectivity index (χ1) is 14.8. The summed E-state index contributed by atoms with van der Waals surface area (Å²) < 4.78 is 30.5. The molecule has 0 unspecified atom stereocenters. The minimum atomic E-state index is -3.04. The average Bonchev–Trinajstić information content (AvgIpc) is 3.09. The summed E-state index contributed by atoms with van der Waals surface area (Å²) >= 11 is 1.57. The Morgan fingerprint density at radius 1 is 1.13 bits per heavy atom. The van der Waals surface area contributed by atoms with Crippen LogP contribution in [0.5, 0.6) is 5.75 Å². The Kier molecular flexibility index (Phi) is 6.05.